The van der Waals surface area contributed by atoms with Gasteiger partial charge < -0.3 is 8.94 Å². The van der Waals surface area contributed by atoms with Crippen LogP contribution in [0, 0.1) is 0 Å². The molecule has 1 unspecified atom stereocenters. The fourth-order valence-corrected chi connectivity index (χ4v) is 3.78. The lowest BCUT2D eigenvalue weighted by molar-refractivity contribution is 0.473. The molecule has 0 aromatic carbocycles. The second-order valence-corrected chi connectivity index (χ2v) is 12.0. The van der Waals surface area contributed by atoms with Crippen LogP contribution < -0.4 is 5.76 Å². The van der Waals surface area contributed by atoms with Crippen molar-refractivity contribution in [2.75, 3.05) is 13.8 Å². The molecule has 0 spiro atoms. The van der Waals surface area contributed by atoms with Crippen molar-refractivity contribution in [2.45, 2.75) is 5.88 Å². The van der Waals surface area contributed by atoms with Crippen LogP contribution in [0.4, 0.5) is 0 Å². The van der Waals surface area contributed by atoms with Gasteiger partial charge in [-0.25, -0.2) is 14.3 Å². The largest absolute Gasteiger partial charge is 0.421 e. The summed E-state index contributed by atoms with van der Waals surface area (Å²) in [6.45, 7) is 1.85. The normalized spacial score (nSPS) is 14.8. The average molecular weight is 325 g/mol. The van der Waals surface area contributed by atoms with Crippen LogP contribution in [0.5, 0.6) is 0 Å². The van der Waals surface area contributed by atoms with Crippen LogP contribution in [-0.2, 0) is 22.2 Å². The van der Waals surface area contributed by atoms with E-state index in [0.717, 1.165) is 0 Å². The fraction of sp³-hybridized carbons (Fsp3) is 0.333. The Morgan fingerprint density at radius 1 is 1.72 bits per heavy atom. The predicted molar refractivity (Wildman–Crippen MR) is 78.1 cm³/mol. The van der Waals surface area contributed by atoms with E-state index in [2.05, 4.69) is 4.98 Å². The van der Waals surface area contributed by atoms with Crippen LogP contribution in [0.25, 0.3) is 11.2 Å². The van der Waals surface area contributed by atoms with E-state index in [1.807, 2.05) is 6.66 Å². The molecule has 18 heavy (non-hydrogen) atoms. The molecule has 0 amide bonds. The second-order valence-electron chi connectivity index (χ2n) is 3.48. The van der Waals surface area contributed by atoms with Crippen molar-refractivity contribution in [3.8, 4) is 0 Å². The Bertz CT molecular complexity index is 684. The van der Waals surface area contributed by atoms with Gasteiger partial charge in [0.25, 0.3) is 0 Å². The van der Waals surface area contributed by atoms with Gasteiger partial charge >= 0.3 is 5.76 Å². The molecule has 98 valence electrons. The Kier molecular flexibility index (Phi) is 4.18. The van der Waals surface area contributed by atoms with E-state index in [9.17, 15) is 4.79 Å². The molecule has 0 N–H and O–H groups in total. The van der Waals surface area contributed by atoms with Crippen molar-refractivity contribution in [2.24, 2.45) is 0 Å². The van der Waals surface area contributed by atoms with E-state index in [1.54, 1.807) is 13.2 Å². The smallest absolute Gasteiger partial charge is 0.406 e. The Balaban J connectivity index is 2.37. The molecule has 0 saturated heterocycles. The molecule has 0 saturated carbocycles. The first-order valence-electron chi connectivity index (χ1n) is 4.85. The van der Waals surface area contributed by atoms with Crippen molar-refractivity contribution in [1.82, 2.24) is 9.55 Å². The minimum absolute atomic E-state index is 0.349. The molecule has 0 fully saturated rings. The number of hydrogen-bond donors (Lipinski definition) is 0. The topological polar surface area (TPSA) is 57.3 Å². The third-order valence-electron chi connectivity index (χ3n) is 2.23. The maximum Gasteiger partial charge on any atom is 0.421 e. The van der Waals surface area contributed by atoms with Gasteiger partial charge in [-0.3, -0.25) is 0 Å². The number of oxazole rings is 1. The van der Waals surface area contributed by atoms with Crippen LogP contribution in [-0.4, -0.2) is 23.3 Å². The standard InChI is InChI=1S/C9H10ClN2O3PS2/c1-14-16(2,17)18-5-12-8-7(15-9(12)13)3-6(10)4-11-8/h3-4H,5H2,1-2H3. The third-order valence-corrected chi connectivity index (χ3v) is 7.54. The van der Waals surface area contributed by atoms with Gasteiger partial charge in [-0.05, 0) is 6.66 Å². The minimum Gasteiger partial charge on any atom is -0.406 e. The summed E-state index contributed by atoms with van der Waals surface area (Å²) >= 11 is 12.5. The minimum atomic E-state index is -1.93. The van der Waals surface area contributed by atoms with Crippen molar-refractivity contribution < 1.29 is 8.94 Å². The number of nitrogens with zero attached hydrogens (tertiary/aromatic N) is 2. The Hall–Kier alpha value is -0.330. The molecule has 2 aromatic rings. The fourth-order valence-electron chi connectivity index (χ4n) is 1.26. The van der Waals surface area contributed by atoms with Crippen LogP contribution in [0.15, 0.2) is 21.5 Å². The Labute approximate surface area is 117 Å². The number of halogens is 1. The monoisotopic (exact) mass is 324 g/mol. The molecule has 5 nitrogen and oxygen atoms in total. The van der Waals surface area contributed by atoms with E-state index >= 15 is 0 Å². The molecule has 9 heteroatoms. The molecule has 1 atom stereocenters. The lowest BCUT2D eigenvalue weighted by Crippen LogP contribution is -2.12. The van der Waals surface area contributed by atoms with E-state index in [1.165, 1.54) is 22.1 Å². The summed E-state index contributed by atoms with van der Waals surface area (Å²) in [7, 11) is 1.57. The molecule has 0 aliphatic carbocycles. The number of pyridine rings is 1. The number of fused-ring (bicyclic) bond motifs is 1. The van der Waals surface area contributed by atoms with Crippen molar-refractivity contribution >= 4 is 51.5 Å². The predicted octanol–water partition coefficient (Wildman–Crippen LogP) is 2.92. The maximum absolute atomic E-state index is 11.7. The highest BCUT2D eigenvalue weighted by Crippen LogP contribution is 2.56. The zero-order valence-corrected chi connectivity index (χ0v) is 12.9. The summed E-state index contributed by atoms with van der Waals surface area (Å²) in [4.78, 5) is 15.8. The highest BCUT2D eigenvalue weighted by molar-refractivity contribution is 8.68. The first-order valence-corrected chi connectivity index (χ1v) is 9.99. The van der Waals surface area contributed by atoms with Crippen molar-refractivity contribution in [3.05, 3.63) is 27.8 Å². The molecular weight excluding hydrogens is 315 g/mol. The van der Waals surface area contributed by atoms with Crippen LogP contribution >= 0.6 is 28.4 Å². The SMILES string of the molecule is COP(C)(=S)SCn1c(=O)oc2cc(Cl)cnc21. The van der Waals surface area contributed by atoms with E-state index in [4.69, 9.17) is 32.3 Å². The summed E-state index contributed by atoms with van der Waals surface area (Å²) in [6, 6.07) is 1.56. The maximum atomic E-state index is 11.7. The highest BCUT2D eigenvalue weighted by atomic mass is 35.5. The molecule has 2 rings (SSSR count). The first-order chi connectivity index (χ1) is 8.43. The molecule has 0 aliphatic rings. The molecule has 2 aromatic heterocycles. The van der Waals surface area contributed by atoms with Gasteiger partial charge in [0, 0.05) is 19.4 Å². The van der Waals surface area contributed by atoms with Gasteiger partial charge in [-0.2, -0.15) is 0 Å². The highest BCUT2D eigenvalue weighted by Gasteiger charge is 2.15. The summed E-state index contributed by atoms with van der Waals surface area (Å²) in [5.41, 5.74) is -1.10. The second kappa shape index (κ2) is 5.35. The molecule has 0 radical (unpaired) electrons. The van der Waals surface area contributed by atoms with Crippen molar-refractivity contribution in [3.63, 3.8) is 0 Å². The molecule has 0 aliphatic heterocycles. The van der Waals surface area contributed by atoms with E-state index in [-0.39, 0.29) is 0 Å². The Morgan fingerprint density at radius 2 is 2.44 bits per heavy atom. The summed E-state index contributed by atoms with van der Waals surface area (Å²) < 4.78 is 11.7. The number of hydrogen-bond acceptors (Lipinski definition) is 6. The zero-order chi connectivity index (χ0) is 13.3. The van der Waals surface area contributed by atoms with Gasteiger partial charge in [-0.15, -0.1) is 0 Å². The van der Waals surface area contributed by atoms with E-state index in [0.29, 0.717) is 22.1 Å². The van der Waals surface area contributed by atoms with Crippen LogP contribution in [0.1, 0.15) is 0 Å². The molecule has 0 bridgehead atoms. The average Bonchev–Trinajstić information content (AvgIpc) is 2.61. The molecule has 2 heterocycles. The Morgan fingerprint density at radius 3 is 3.11 bits per heavy atom. The lowest BCUT2D eigenvalue weighted by Gasteiger charge is -2.12. The third kappa shape index (κ3) is 2.97. The lowest BCUT2D eigenvalue weighted by atomic mass is 10.4. The summed E-state index contributed by atoms with van der Waals surface area (Å²) in [5.74, 6) is -0.124. The summed E-state index contributed by atoms with van der Waals surface area (Å²) in [6.07, 6.45) is 1.47. The number of aromatic nitrogens is 2. The van der Waals surface area contributed by atoms with Gasteiger partial charge in [0.05, 0.1) is 10.9 Å². The zero-order valence-electron chi connectivity index (χ0n) is 9.62. The van der Waals surface area contributed by atoms with Gasteiger partial charge in [-0.1, -0.05) is 34.8 Å². The van der Waals surface area contributed by atoms with Crippen LogP contribution in [0.3, 0.4) is 0 Å². The summed E-state index contributed by atoms with van der Waals surface area (Å²) in [5, 5.41) is 0.425. The first kappa shape index (κ1) is 14.1. The van der Waals surface area contributed by atoms with E-state index < -0.39 is 11.2 Å². The van der Waals surface area contributed by atoms with Crippen LogP contribution in [0.2, 0.25) is 5.02 Å². The molecular formula is C9H10ClN2O3PS2. The number of rotatable bonds is 4. The quantitative estimate of drug-likeness (QED) is 0.806. The van der Waals surface area contributed by atoms with Gasteiger partial charge in [0.15, 0.2) is 11.2 Å². The van der Waals surface area contributed by atoms with Gasteiger partial charge in [0.1, 0.15) is 5.47 Å². The van der Waals surface area contributed by atoms with Crippen molar-refractivity contribution in [1.29, 1.82) is 0 Å². The van der Waals surface area contributed by atoms with Gasteiger partial charge in [0.2, 0.25) is 0 Å².